The highest BCUT2D eigenvalue weighted by Crippen LogP contribution is 2.25. The third-order valence-electron chi connectivity index (χ3n) is 5.66. The molecule has 0 atom stereocenters. The van der Waals surface area contributed by atoms with Gasteiger partial charge in [-0.15, -0.1) is 0 Å². The van der Waals surface area contributed by atoms with Crippen LogP contribution in [-0.4, -0.2) is 40.7 Å². The van der Waals surface area contributed by atoms with Crippen molar-refractivity contribution >= 4 is 23.2 Å². The van der Waals surface area contributed by atoms with Crippen LogP contribution in [0.5, 0.6) is 0 Å². The molecule has 1 aliphatic rings. The topological polar surface area (TPSA) is 41.4 Å². The molecule has 2 aromatic carbocycles. The van der Waals surface area contributed by atoms with Gasteiger partial charge in [0.25, 0.3) is 0 Å². The molecule has 6 heteroatoms. The minimum Gasteiger partial charge on any atom is -0.373 e. The van der Waals surface area contributed by atoms with E-state index in [9.17, 15) is 4.79 Å². The molecular formula is C23H25ClN4O. The number of hydrogen-bond donors (Lipinski definition) is 0. The Balaban J connectivity index is 1.57. The number of rotatable bonds is 3. The molecular weight excluding hydrogens is 384 g/mol. The highest BCUT2D eigenvalue weighted by molar-refractivity contribution is 6.30. The van der Waals surface area contributed by atoms with Crippen LogP contribution in [0.4, 0.5) is 5.69 Å². The lowest BCUT2D eigenvalue weighted by Gasteiger charge is -2.21. The molecule has 3 aromatic rings. The minimum atomic E-state index is 0.136. The summed E-state index contributed by atoms with van der Waals surface area (Å²) in [5.41, 5.74) is 6.20. The first-order valence-corrected chi connectivity index (χ1v) is 10.2. The van der Waals surface area contributed by atoms with Gasteiger partial charge in [-0.3, -0.25) is 4.79 Å². The number of benzene rings is 2. The van der Waals surface area contributed by atoms with Crippen LogP contribution >= 0.6 is 11.6 Å². The van der Waals surface area contributed by atoms with E-state index in [1.807, 2.05) is 59.8 Å². The first kappa shape index (κ1) is 19.5. The largest absolute Gasteiger partial charge is 0.373 e. The predicted molar refractivity (Wildman–Crippen MR) is 117 cm³/mol. The smallest absolute Gasteiger partial charge is 0.227 e. The molecule has 1 aliphatic heterocycles. The quantitative estimate of drug-likeness (QED) is 0.653. The van der Waals surface area contributed by atoms with E-state index in [4.69, 9.17) is 11.6 Å². The second-order valence-corrected chi connectivity index (χ2v) is 8.02. The molecule has 0 fully saturated rings. The molecule has 4 rings (SSSR count). The number of anilines is 1. The van der Waals surface area contributed by atoms with E-state index in [0.717, 1.165) is 29.2 Å². The number of para-hydroxylation sites is 1. The maximum absolute atomic E-state index is 13.2. The maximum atomic E-state index is 13.2. The van der Waals surface area contributed by atoms with Crippen LogP contribution in [0, 0.1) is 13.8 Å². The number of nitrogens with zero attached hydrogens (tertiary/aromatic N) is 4. The van der Waals surface area contributed by atoms with Crippen molar-refractivity contribution in [2.24, 2.45) is 0 Å². The molecule has 0 N–H and O–H groups in total. The summed E-state index contributed by atoms with van der Waals surface area (Å²) in [6.07, 6.45) is 0.358. The van der Waals surface area contributed by atoms with E-state index in [1.165, 1.54) is 11.3 Å². The molecule has 0 spiro atoms. The molecule has 2 heterocycles. The lowest BCUT2D eigenvalue weighted by atomic mass is 10.1. The van der Waals surface area contributed by atoms with Crippen LogP contribution in [0.2, 0.25) is 5.02 Å². The monoisotopic (exact) mass is 408 g/mol. The average Bonchev–Trinajstić information content (AvgIpc) is 2.89. The summed E-state index contributed by atoms with van der Waals surface area (Å²) in [5.74, 6) is 0.136. The van der Waals surface area contributed by atoms with Gasteiger partial charge in [0.05, 0.1) is 17.8 Å². The van der Waals surface area contributed by atoms with Crippen molar-refractivity contribution in [1.29, 1.82) is 0 Å². The molecule has 0 aliphatic carbocycles. The Kier molecular flexibility index (Phi) is 5.33. The van der Waals surface area contributed by atoms with Gasteiger partial charge >= 0.3 is 0 Å². The van der Waals surface area contributed by atoms with Crippen molar-refractivity contribution in [3.63, 3.8) is 0 Å². The molecule has 29 heavy (non-hydrogen) atoms. The summed E-state index contributed by atoms with van der Waals surface area (Å²) in [6.45, 7) is 6.16. The summed E-state index contributed by atoms with van der Waals surface area (Å²) >= 11 is 6.01. The zero-order valence-electron chi connectivity index (χ0n) is 17.0. The lowest BCUT2D eigenvalue weighted by Crippen LogP contribution is -2.35. The number of halogens is 1. The van der Waals surface area contributed by atoms with Crippen molar-refractivity contribution in [2.45, 2.75) is 26.8 Å². The lowest BCUT2D eigenvalue weighted by molar-refractivity contribution is -0.130. The van der Waals surface area contributed by atoms with Crippen molar-refractivity contribution in [3.05, 3.63) is 76.1 Å². The number of amides is 1. The van der Waals surface area contributed by atoms with E-state index in [0.29, 0.717) is 24.5 Å². The van der Waals surface area contributed by atoms with Crippen LogP contribution < -0.4 is 4.90 Å². The summed E-state index contributed by atoms with van der Waals surface area (Å²) in [7, 11) is 2.08. The fraction of sp³-hybridized carbons (Fsp3) is 0.304. The Labute approximate surface area is 176 Å². The first-order chi connectivity index (χ1) is 13.9. The van der Waals surface area contributed by atoms with Gasteiger partial charge in [-0.1, -0.05) is 29.8 Å². The van der Waals surface area contributed by atoms with Crippen LogP contribution in [-0.2, 0) is 17.8 Å². The molecule has 0 saturated heterocycles. The SMILES string of the molecule is Cc1nn(-c2ccc(Cl)cc2)c(C)c1CC(=O)N1CCN(C)c2ccccc2C1. The number of aromatic nitrogens is 2. The number of fused-ring (bicyclic) bond motifs is 1. The number of likely N-dealkylation sites (N-methyl/N-ethyl adjacent to an activating group) is 1. The van der Waals surface area contributed by atoms with E-state index >= 15 is 0 Å². The van der Waals surface area contributed by atoms with E-state index < -0.39 is 0 Å². The second-order valence-electron chi connectivity index (χ2n) is 7.58. The molecule has 0 radical (unpaired) electrons. The normalized spacial score (nSPS) is 13.9. The number of carbonyl (C=O) groups is 1. The van der Waals surface area contributed by atoms with Gasteiger partial charge in [-0.25, -0.2) is 4.68 Å². The summed E-state index contributed by atoms with van der Waals surface area (Å²) < 4.78 is 1.89. The van der Waals surface area contributed by atoms with Crippen LogP contribution in [0.1, 0.15) is 22.5 Å². The maximum Gasteiger partial charge on any atom is 0.227 e. The van der Waals surface area contributed by atoms with Gasteiger partial charge in [-0.2, -0.15) is 5.10 Å². The first-order valence-electron chi connectivity index (χ1n) is 9.82. The summed E-state index contributed by atoms with van der Waals surface area (Å²) in [6, 6.07) is 15.9. The van der Waals surface area contributed by atoms with Crippen molar-refractivity contribution < 1.29 is 4.79 Å². The fourth-order valence-corrected chi connectivity index (χ4v) is 4.06. The Morgan fingerprint density at radius 1 is 1.07 bits per heavy atom. The molecule has 1 aromatic heterocycles. The number of aryl methyl sites for hydroxylation is 1. The van der Waals surface area contributed by atoms with Gasteiger partial charge in [0.1, 0.15) is 0 Å². The Hall–Kier alpha value is -2.79. The van der Waals surface area contributed by atoms with Crippen molar-refractivity contribution in [1.82, 2.24) is 14.7 Å². The zero-order chi connectivity index (χ0) is 20.5. The molecule has 0 unspecified atom stereocenters. The molecule has 1 amide bonds. The van der Waals surface area contributed by atoms with Crippen LogP contribution in [0.15, 0.2) is 48.5 Å². The standard InChI is InChI=1S/C23H25ClN4O/c1-16-21(17(2)28(25-16)20-10-8-19(24)9-11-20)14-23(29)27-13-12-26(3)22-7-5-4-6-18(22)15-27/h4-11H,12-15H2,1-3H3. The van der Waals surface area contributed by atoms with Gasteiger partial charge in [-0.05, 0) is 49.7 Å². The van der Waals surface area contributed by atoms with E-state index in [-0.39, 0.29) is 5.91 Å². The highest BCUT2D eigenvalue weighted by Gasteiger charge is 2.23. The van der Waals surface area contributed by atoms with Crippen molar-refractivity contribution in [2.75, 3.05) is 25.0 Å². The zero-order valence-corrected chi connectivity index (χ0v) is 17.8. The number of hydrogen-bond acceptors (Lipinski definition) is 3. The predicted octanol–water partition coefficient (Wildman–Crippen LogP) is 4.16. The Bertz CT molecular complexity index is 1040. The van der Waals surface area contributed by atoms with Gasteiger partial charge < -0.3 is 9.80 Å². The highest BCUT2D eigenvalue weighted by atomic mass is 35.5. The third kappa shape index (κ3) is 3.87. The fourth-order valence-electron chi connectivity index (χ4n) is 3.93. The molecule has 150 valence electrons. The average molecular weight is 409 g/mol. The van der Waals surface area contributed by atoms with Gasteiger partial charge in [0, 0.05) is 48.6 Å². The Morgan fingerprint density at radius 2 is 1.79 bits per heavy atom. The third-order valence-corrected chi connectivity index (χ3v) is 5.91. The summed E-state index contributed by atoms with van der Waals surface area (Å²) in [5, 5.41) is 5.36. The van der Waals surface area contributed by atoms with Crippen molar-refractivity contribution in [3.8, 4) is 5.69 Å². The molecule has 5 nitrogen and oxygen atoms in total. The van der Waals surface area contributed by atoms with Gasteiger partial charge in [0.2, 0.25) is 5.91 Å². The van der Waals surface area contributed by atoms with Gasteiger partial charge in [0.15, 0.2) is 0 Å². The van der Waals surface area contributed by atoms with Crippen LogP contribution in [0.25, 0.3) is 5.69 Å². The molecule has 0 saturated carbocycles. The van der Waals surface area contributed by atoms with E-state index in [1.54, 1.807) is 0 Å². The summed E-state index contributed by atoms with van der Waals surface area (Å²) in [4.78, 5) is 17.4. The second kappa shape index (κ2) is 7.91. The number of carbonyl (C=O) groups excluding carboxylic acids is 1. The Morgan fingerprint density at radius 3 is 2.55 bits per heavy atom. The van der Waals surface area contributed by atoms with E-state index in [2.05, 4.69) is 29.2 Å². The molecule has 0 bridgehead atoms. The van der Waals surface area contributed by atoms with Crippen LogP contribution in [0.3, 0.4) is 0 Å². The minimum absolute atomic E-state index is 0.136.